The predicted octanol–water partition coefficient (Wildman–Crippen LogP) is 3.21. The Morgan fingerprint density at radius 2 is 1.93 bits per heavy atom. The molecule has 0 bridgehead atoms. The fourth-order valence-corrected chi connectivity index (χ4v) is 2.18. The van der Waals surface area contributed by atoms with Crippen LogP contribution in [0.1, 0.15) is 0 Å². The molecule has 78 valence electrons. The van der Waals surface area contributed by atoms with Crippen LogP contribution in [0.2, 0.25) is 0 Å². The largest absolute Gasteiger partial charge is 0.319 e. The van der Waals surface area contributed by atoms with Crippen LogP contribution in [0.4, 0.5) is 15.2 Å². The standard InChI is InChI=1S/C9H7BrFN3S/c1-14(9-13-12-8(10)15-9)7-4-2-6(11)3-5-7/h2-5H,1H3. The number of halogens is 2. The summed E-state index contributed by atoms with van der Waals surface area (Å²) in [6.45, 7) is 0. The maximum absolute atomic E-state index is 12.7. The van der Waals surface area contributed by atoms with Crippen LogP contribution in [0.5, 0.6) is 0 Å². The van der Waals surface area contributed by atoms with Crippen LogP contribution in [0.25, 0.3) is 0 Å². The Kier molecular flexibility index (Phi) is 2.97. The van der Waals surface area contributed by atoms with Crippen molar-refractivity contribution in [2.45, 2.75) is 0 Å². The fraction of sp³-hybridized carbons (Fsp3) is 0.111. The maximum atomic E-state index is 12.7. The molecule has 0 saturated heterocycles. The maximum Gasteiger partial charge on any atom is 0.213 e. The molecule has 0 radical (unpaired) electrons. The SMILES string of the molecule is CN(c1ccc(F)cc1)c1nnc(Br)s1. The number of hydrogen-bond donors (Lipinski definition) is 0. The molecule has 0 aliphatic rings. The Morgan fingerprint density at radius 1 is 1.27 bits per heavy atom. The monoisotopic (exact) mass is 287 g/mol. The summed E-state index contributed by atoms with van der Waals surface area (Å²) in [4.78, 5) is 1.85. The Balaban J connectivity index is 2.28. The Labute approximate surface area is 98.7 Å². The molecule has 1 aromatic heterocycles. The molecule has 3 nitrogen and oxygen atoms in total. The highest BCUT2D eigenvalue weighted by Crippen LogP contribution is 2.28. The van der Waals surface area contributed by atoms with Gasteiger partial charge in [0.25, 0.3) is 0 Å². The zero-order chi connectivity index (χ0) is 10.8. The summed E-state index contributed by atoms with van der Waals surface area (Å²) in [6.07, 6.45) is 0. The minimum absolute atomic E-state index is 0.245. The predicted molar refractivity (Wildman–Crippen MR) is 62.1 cm³/mol. The highest BCUT2D eigenvalue weighted by atomic mass is 79.9. The molecule has 0 spiro atoms. The fourth-order valence-electron chi connectivity index (χ4n) is 1.11. The number of anilines is 2. The molecule has 2 aromatic rings. The zero-order valence-corrected chi connectivity index (χ0v) is 10.2. The summed E-state index contributed by atoms with van der Waals surface area (Å²) in [6, 6.07) is 6.24. The normalized spacial score (nSPS) is 10.3. The van der Waals surface area contributed by atoms with E-state index in [1.165, 1.54) is 23.5 Å². The van der Waals surface area contributed by atoms with Crippen molar-refractivity contribution in [2.75, 3.05) is 11.9 Å². The topological polar surface area (TPSA) is 29.0 Å². The lowest BCUT2D eigenvalue weighted by Gasteiger charge is -2.14. The smallest absolute Gasteiger partial charge is 0.213 e. The van der Waals surface area contributed by atoms with Gasteiger partial charge in [0.05, 0.1) is 0 Å². The van der Waals surface area contributed by atoms with E-state index in [0.29, 0.717) is 0 Å². The molecule has 0 unspecified atom stereocenters. The van der Waals surface area contributed by atoms with Crippen molar-refractivity contribution in [3.05, 3.63) is 34.0 Å². The van der Waals surface area contributed by atoms with Crippen molar-refractivity contribution in [3.8, 4) is 0 Å². The van der Waals surface area contributed by atoms with Gasteiger partial charge in [-0.2, -0.15) is 0 Å². The van der Waals surface area contributed by atoms with E-state index in [0.717, 1.165) is 14.7 Å². The molecule has 1 aromatic carbocycles. The van der Waals surface area contributed by atoms with Crippen LogP contribution in [0.3, 0.4) is 0 Å². The molecular weight excluding hydrogens is 281 g/mol. The van der Waals surface area contributed by atoms with E-state index in [2.05, 4.69) is 26.1 Å². The van der Waals surface area contributed by atoms with Gasteiger partial charge in [0, 0.05) is 12.7 Å². The molecule has 0 amide bonds. The van der Waals surface area contributed by atoms with Crippen molar-refractivity contribution < 1.29 is 4.39 Å². The highest BCUT2D eigenvalue weighted by molar-refractivity contribution is 9.11. The van der Waals surface area contributed by atoms with Gasteiger partial charge in [-0.15, -0.1) is 10.2 Å². The van der Waals surface area contributed by atoms with Gasteiger partial charge in [-0.3, -0.25) is 0 Å². The average molecular weight is 288 g/mol. The van der Waals surface area contributed by atoms with Crippen molar-refractivity contribution in [2.24, 2.45) is 0 Å². The minimum Gasteiger partial charge on any atom is -0.319 e. The Hall–Kier alpha value is -1.01. The van der Waals surface area contributed by atoms with Gasteiger partial charge in [-0.1, -0.05) is 11.3 Å². The third-order valence-electron chi connectivity index (χ3n) is 1.89. The van der Waals surface area contributed by atoms with E-state index < -0.39 is 0 Å². The first-order chi connectivity index (χ1) is 7.16. The van der Waals surface area contributed by atoms with Gasteiger partial charge in [0.15, 0.2) is 3.92 Å². The average Bonchev–Trinajstić information content (AvgIpc) is 2.65. The van der Waals surface area contributed by atoms with Crippen LogP contribution in [0, 0.1) is 5.82 Å². The van der Waals surface area contributed by atoms with Crippen LogP contribution in [0.15, 0.2) is 28.2 Å². The summed E-state index contributed by atoms with van der Waals surface area (Å²) in [7, 11) is 1.86. The minimum atomic E-state index is -0.245. The van der Waals surface area contributed by atoms with Crippen LogP contribution in [-0.4, -0.2) is 17.2 Å². The molecule has 15 heavy (non-hydrogen) atoms. The third-order valence-corrected chi connectivity index (χ3v) is 3.32. The molecule has 2 rings (SSSR count). The van der Waals surface area contributed by atoms with Gasteiger partial charge >= 0.3 is 0 Å². The number of hydrogen-bond acceptors (Lipinski definition) is 4. The quantitative estimate of drug-likeness (QED) is 0.849. The van der Waals surface area contributed by atoms with E-state index in [-0.39, 0.29) is 5.82 Å². The zero-order valence-electron chi connectivity index (χ0n) is 7.82. The molecule has 0 fully saturated rings. The summed E-state index contributed by atoms with van der Waals surface area (Å²) in [5, 5.41) is 8.58. The summed E-state index contributed by atoms with van der Waals surface area (Å²) >= 11 is 4.66. The highest BCUT2D eigenvalue weighted by Gasteiger charge is 2.08. The van der Waals surface area contributed by atoms with Gasteiger partial charge < -0.3 is 4.90 Å². The van der Waals surface area contributed by atoms with Gasteiger partial charge in [-0.25, -0.2) is 4.39 Å². The van der Waals surface area contributed by atoms with Crippen LogP contribution < -0.4 is 4.90 Å². The second-order valence-electron chi connectivity index (χ2n) is 2.87. The lowest BCUT2D eigenvalue weighted by atomic mass is 10.3. The van der Waals surface area contributed by atoms with E-state index in [9.17, 15) is 4.39 Å². The van der Waals surface area contributed by atoms with Crippen molar-refractivity contribution >= 4 is 38.1 Å². The number of nitrogens with zero attached hydrogens (tertiary/aromatic N) is 3. The Bertz CT molecular complexity index is 457. The first-order valence-corrected chi connectivity index (χ1v) is 5.76. The van der Waals surface area contributed by atoms with Crippen LogP contribution >= 0.6 is 27.3 Å². The number of rotatable bonds is 2. The van der Waals surface area contributed by atoms with Gasteiger partial charge in [-0.05, 0) is 40.2 Å². The molecule has 0 aliphatic heterocycles. The molecule has 0 atom stereocenters. The van der Waals surface area contributed by atoms with Crippen molar-refractivity contribution in [3.63, 3.8) is 0 Å². The van der Waals surface area contributed by atoms with Crippen LogP contribution in [-0.2, 0) is 0 Å². The van der Waals surface area contributed by atoms with E-state index in [1.807, 2.05) is 11.9 Å². The second-order valence-corrected chi connectivity index (χ2v) is 5.11. The summed E-state index contributed by atoms with van der Waals surface area (Å²) in [5.41, 5.74) is 0.875. The van der Waals surface area contributed by atoms with Crippen molar-refractivity contribution in [1.29, 1.82) is 0 Å². The van der Waals surface area contributed by atoms with E-state index in [4.69, 9.17) is 0 Å². The summed E-state index contributed by atoms with van der Waals surface area (Å²) in [5.74, 6) is -0.245. The lowest BCUT2D eigenvalue weighted by Crippen LogP contribution is -2.08. The number of aromatic nitrogens is 2. The third kappa shape index (κ3) is 2.32. The van der Waals surface area contributed by atoms with Gasteiger partial charge in [0.2, 0.25) is 5.13 Å². The second kappa shape index (κ2) is 4.24. The molecule has 6 heteroatoms. The molecule has 1 heterocycles. The van der Waals surface area contributed by atoms with Gasteiger partial charge in [0.1, 0.15) is 5.82 Å². The first-order valence-electron chi connectivity index (χ1n) is 4.15. The number of benzene rings is 1. The molecular formula is C9H7BrFN3S. The summed E-state index contributed by atoms with van der Waals surface area (Å²) < 4.78 is 13.4. The van der Waals surface area contributed by atoms with E-state index >= 15 is 0 Å². The molecule has 0 aliphatic carbocycles. The lowest BCUT2D eigenvalue weighted by molar-refractivity contribution is 0.628. The molecule has 0 N–H and O–H groups in total. The Morgan fingerprint density at radius 3 is 2.47 bits per heavy atom. The first kappa shape index (κ1) is 10.5. The van der Waals surface area contributed by atoms with Crippen molar-refractivity contribution in [1.82, 2.24) is 10.2 Å². The molecule has 0 saturated carbocycles. The van der Waals surface area contributed by atoms with E-state index in [1.54, 1.807) is 12.1 Å².